The topological polar surface area (TPSA) is 38.5 Å². The summed E-state index contributed by atoms with van der Waals surface area (Å²) in [7, 11) is 0. The fourth-order valence-electron chi connectivity index (χ4n) is 2.11. The molecule has 0 aliphatic carbocycles. The third kappa shape index (κ3) is 2.44. The Bertz CT molecular complexity index is 431. The molecule has 0 saturated carbocycles. The molecule has 0 spiro atoms. The summed E-state index contributed by atoms with van der Waals surface area (Å²) in [5.41, 5.74) is 1.20. The fourth-order valence-corrected chi connectivity index (χ4v) is 4.40. The molecule has 1 unspecified atom stereocenters. The maximum atomic E-state index is 5.84. The smallest absolute Gasteiger partial charge is 0.143 e. The van der Waals surface area contributed by atoms with Gasteiger partial charge in [0.05, 0.1) is 12.3 Å². The molecular formula is C13H20N2OS2. The van der Waals surface area contributed by atoms with Gasteiger partial charge in [-0.15, -0.1) is 0 Å². The number of nitrogens with zero attached hydrogens (tertiary/aromatic N) is 1. The van der Waals surface area contributed by atoms with E-state index >= 15 is 0 Å². The predicted molar refractivity (Wildman–Crippen MR) is 81.3 cm³/mol. The van der Waals surface area contributed by atoms with Crippen molar-refractivity contribution in [3.8, 4) is 5.75 Å². The van der Waals surface area contributed by atoms with Gasteiger partial charge in [-0.25, -0.2) is 0 Å². The average molecular weight is 284 g/mol. The summed E-state index contributed by atoms with van der Waals surface area (Å²) in [5.74, 6) is 0.953. The van der Waals surface area contributed by atoms with Gasteiger partial charge in [0, 0.05) is 10.4 Å². The van der Waals surface area contributed by atoms with E-state index in [1.54, 1.807) is 11.8 Å². The molecule has 100 valence electrons. The Morgan fingerprint density at radius 2 is 2.17 bits per heavy atom. The van der Waals surface area contributed by atoms with Gasteiger partial charge in [-0.3, -0.25) is 5.14 Å². The maximum absolute atomic E-state index is 5.84. The summed E-state index contributed by atoms with van der Waals surface area (Å²) in [6, 6.07) is 6.21. The molecule has 0 fully saturated rings. The summed E-state index contributed by atoms with van der Waals surface area (Å²) < 4.78 is 5.97. The number of hydrogen-bond donors (Lipinski definition) is 1. The van der Waals surface area contributed by atoms with Crippen molar-refractivity contribution in [3.63, 3.8) is 0 Å². The minimum atomic E-state index is 0.0164. The van der Waals surface area contributed by atoms with Crippen LogP contribution in [0.15, 0.2) is 23.1 Å². The van der Waals surface area contributed by atoms with Gasteiger partial charge in [0.2, 0.25) is 0 Å². The van der Waals surface area contributed by atoms with Gasteiger partial charge in [0.1, 0.15) is 10.5 Å². The lowest BCUT2D eigenvalue weighted by atomic mass is 10.1. The molecule has 0 amide bonds. The molecule has 18 heavy (non-hydrogen) atoms. The van der Waals surface area contributed by atoms with Crippen LogP contribution < -0.4 is 14.8 Å². The van der Waals surface area contributed by atoms with Crippen LogP contribution in [0.3, 0.4) is 0 Å². The molecule has 5 heteroatoms. The highest BCUT2D eigenvalue weighted by Crippen LogP contribution is 2.53. The first-order valence-corrected chi connectivity index (χ1v) is 7.88. The van der Waals surface area contributed by atoms with Crippen LogP contribution in [0.1, 0.15) is 27.7 Å². The number of ether oxygens (including phenoxy) is 1. The first-order chi connectivity index (χ1) is 8.49. The third-order valence-corrected chi connectivity index (χ3v) is 4.84. The maximum Gasteiger partial charge on any atom is 0.143 e. The lowest BCUT2D eigenvalue weighted by Crippen LogP contribution is -2.44. The second-order valence-electron chi connectivity index (χ2n) is 5.14. The van der Waals surface area contributed by atoms with Crippen molar-refractivity contribution in [2.24, 2.45) is 5.14 Å². The Morgan fingerprint density at radius 1 is 1.44 bits per heavy atom. The molecule has 0 saturated heterocycles. The second kappa shape index (κ2) is 5.23. The largest absolute Gasteiger partial charge is 0.492 e. The van der Waals surface area contributed by atoms with Gasteiger partial charge < -0.3 is 9.64 Å². The number of thioether (sulfide) groups is 1. The predicted octanol–water partition coefficient (Wildman–Crippen LogP) is 3.69. The van der Waals surface area contributed by atoms with Gasteiger partial charge in [-0.2, -0.15) is 0 Å². The Labute approximate surface area is 118 Å². The number of benzene rings is 1. The molecular weight excluding hydrogens is 264 g/mol. The Balaban J connectivity index is 2.49. The van der Waals surface area contributed by atoms with Crippen molar-refractivity contribution in [2.45, 2.75) is 42.8 Å². The lowest BCUT2D eigenvalue weighted by molar-refractivity contribution is 0.338. The SMILES string of the molecule is CCOc1cccc2c1N(C(C)(C)C)C(SN)S2. The monoisotopic (exact) mass is 284 g/mol. The van der Waals surface area contributed by atoms with E-state index in [2.05, 4.69) is 31.7 Å². The van der Waals surface area contributed by atoms with Crippen molar-refractivity contribution in [2.75, 3.05) is 11.5 Å². The van der Waals surface area contributed by atoms with Gasteiger partial charge in [0.25, 0.3) is 0 Å². The number of hydrogen-bond acceptors (Lipinski definition) is 5. The molecule has 2 N–H and O–H groups in total. The van der Waals surface area contributed by atoms with Crippen molar-refractivity contribution in [1.29, 1.82) is 0 Å². The molecule has 1 aromatic rings. The molecule has 0 radical (unpaired) electrons. The highest BCUT2D eigenvalue weighted by Gasteiger charge is 2.39. The molecule has 1 aliphatic rings. The van der Waals surface area contributed by atoms with Crippen molar-refractivity contribution >= 4 is 29.4 Å². The average Bonchev–Trinajstić information content (AvgIpc) is 2.68. The normalized spacial score (nSPS) is 18.9. The van der Waals surface area contributed by atoms with E-state index in [0.717, 1.165) is 5.75 Å². The van der Waals surface area contributed by atoms with Crippen LogP contribution in [-0.2, 0) is 0 Å². The molecule has 2 rings (SSSR count). The summed E-state index contributed by atoms with van der Waals surface area (Å²) in [6.45, 7) is 9.30. The van der Waals surface area contributed by atoms with Gasteiger partial charge in [0.15, 0.2) is 0 Å². The first kappa shape index (κ1) is 13.9. The van der Waals surface area contributed by atoms with Crippen LogP contribution in [0.5, 0.6) is 5.75 Å². The van der Waals surface area contributed by atoms with Crippen LogP contribution in [0.4, 0.5) is 5.69 Å². The Kier molecular flexibility index (Phi) is 4.04. The summed E-state index contributed by atoms with van der Waals surface area (Å²) in [6.07, 6.45) is 0. The van der Waals surface area contributed by atoms with Crippen molar-refractivity contribution in [1.82, 2.24) is 0 Å². The first-order valence-electron chi connectivity index (χ1n) is 6.06. The van der Waals surface area contributed by atoms with Crippen LogP contribution >= 0.6 is 23.7 Å². The van der Waals surface area contributed by atoms with Gasteiger partial charge >= 0.3 is 0 Å². The zero-order valence-electron chi connectivity index (χ0n) is 11.3. The highest BCUT2D eigenvalue weighted by atomic mass is 32.2. The molecule has 1 heterocycles. The molecule has 1 aliphatic heterocycles. The molecule has 3 nitrogen and oxygen atoms in total. The van der Waals surface area contributed by atoms with Gasteiger partial charge in [-0.05, 0) is 51.8 Å². The van der Waals surface area contributed by atoms with E-state index in [9.17, 15) is 0 Å². The summed E-state index contributed by atoms with van der Waals surface area (Å²) in [5, 5.41) is 5.84. The second-order valence-corrected chi connectivity index (χ2v) is 7.28. The lowest BCUT2D eigenvalue weighted by Gasteiger charge is -2.38. The van der Waals surface area contributed by atoms with E-state index in [0.29, 0.717) is 6.61 Å². The minimum Gasteiger partial charge on any atom is -0.492 e. The third-order valence-electron chi connectivity index (χ3n) is 2.78. The fraction of sp³-hybridized carbons (Fsp3) is 0.538. The van der Waals surface area contributed by atoms with E-state index in [4.69, 9.17) is 9.88 Å². The molecule has 0 bridgehead atoms. The van der Waals surface area contributed by atoms with Crippen LogP contribution in [-0.4, -0.2) is 16.9 Å². The number of rotatable bonds is 3. The summed E-state index contributed by atoms with van der Waals surface area (Å²) in [4.78, 5) is 3.60. The standard InChI is InChI=1S/C13H20N2OS2/c1-5-16-9-7-6-8-10-11(9)15(13(2,3)4)12(17-10)18-14/h6-8,12H,5,14H2,1-4H3. The highest BCUT2D eigenvalue weighted by molar-refractivity contribution is 8.16. The van der Waals surface area contributed by atoms with E-state index in [-0.39, 0.29) is 10.2 Å². The van der Waals surface area contributed by atoms with Crippen molar-refractivity contribution in [3.05, 3.63) is 18.2 Å². The summed E-state index contributed by atoms with van der Waals surface area (Å²) >= 11 is 3.18. The molecule has 1 atom stereocenters. The number of anilines is 1. The zero-order chi connectivity index (χ0) is 13.3. The Hall–Kier alpha value is -0.520. The van der Waals surface area contributed by atoms with E-state index < -0.39 is 0 Å². The zero-order valence-corrected chi connectivity index (χ0v) is 12.9. The van der Waals surface area contributed by atoms with Crippen molar-refractivity contribution < 1.29 is 4.74 Å². The van der Waals surface area contributed by atoms with E-state index in [1.807, 2.05) is 19.1 Å². The quantitative estimate of drug-likeness (QED) is 0.857. The van der Waals surface area contributed by atoms with Crippen LogP contribution in [0.2, 0.25) is 0 Å². The molecule has 0 aromatic heterocycles. The number of nitrogens with two attached hydrogens (primary N) is 1. The van der Waals surface area contributed by atoms with Crippen LogP contribution in [0.25, 0.3) is 0 Å². The Morgan fingerprint density at radius 3 is 2.72 bits per heavy atom. The van der Waals surface area contributed by atoms with E-state index in [1.165, 1.54) is 22.5 Å². The van der Waals surface area contributed by atoms with Gasteiger partial charge in [-0.1, -0.05) is 17.8 Å². The molecule has 1 aromatic carbocycles. The minimum absolute atomic E-state index is 0.0164. The number of para-hydroxylation sites is 1. The number of fused-ring (bicyclic) bond motifs is 1. The van der Waals surface area contributed by atoms with Crippen LogP contribution in [0, 0.1) is 0 Å².